The van der Waals surface area contributed by atoms with Crippen molar-refractivity contribution < 1.29 is 9.59 Å². The predicted octanol–water partition coefficient (Wildman–Crippen LogP) is 3.37. The van der Waals surface area contributed by atoms with Crippen LogP contribution in [0.15, 0.2) is 30.3 Å². The van der Waals surface area contributed by atoms with Gasteiger partial charge in [0, 0.05) is 30.1 Å². The maximum Gasteiger partial charge on any atom is 0.230 e. The van der Waals surface area contributed by atoms with E-state index in [0.717, 1.165) is 31.4 Å². The average molecular weight is 316 g/mol. The zero-order chi connectivity index (χ0) is 16.8. The molecule has 4 heteroatoms. The molecule has 1 aliphatic rings. The molecule has 0 heterocycles. The average Bonchev–Trinajstić information content (AvgIpc) is 2.56. The highest BCUT2D eigenvalue weighted by atomic mass is 16.2. The van der Waals surface area contributed by atoms with E-state index in [9.17, 15) is 9.59 Å². The first kappa shape index (κ1) is 17.5. The van der Waals surface area contributed by atoms with Gasteiger partial charge in [-0.25, -0.2) is 0 Å². The van der Waals surface area contributed by atoms with Gasteiger partial charge in [0.1, 0.15) is 0 Å². The third-order valence-electron chi connectivity index (χ3n) is 4.53. The summed E-state index contributed by atoms with van der Waals surface area (Å²) in [4.78, 5) is 26.8. The third kappa shape index (κ3) is 4.57. The van der Waals surface area contributed by atoms with Crippen LogP contribution < -0.4 is 10.2 Å². The molecule has 0 saturated heterocycles. The molecule has 1 N–H and O–H groups in total. The minimum absolute atomic E-state index is 0.0401. The molecular formula is C19H28N2O2. The van der Waals surface area contributed by atoms with Crippen LogP contribution in [0.3, 0.4) is 0 Å². The van der Waals surface area contributed by atoms with Crippen LogP contribution in [0.4, 0.5) is 5.69 Å². The number of hydrogen-bond acceptors (Lipinski definition) is 2. The first-order valence-electron chi connectivity index (χ1n) is 8.69. The Hall–Kier alpha value is -1.84. The van der Waals surface area contributed by atoms with Crippen molar-refractivity contribution in [2.75, 3.05) is 11.4 Å². The van der Waals surface area contributed by atoms with Gasteiger partial charge < -0.3 is 10.2 Å². The molecule has 0 atom stereocenters. The molecule has 1 saturated carbocycles. The highest BCUT2D eigenvalue weighted by molar-refractivity contribution is 5.95. The molecule has 1 aromatic rings. The molecule has 0 radical (unpaired) electrons. The summed E-state index contributed by atoms with van der Waals surface area (Å²) in [5.41, 5.74) is 0.958. The van der Waals surface area contributed by atoms with Gasteiger partial charge in [0.05, 0.1) is 0 Å². The van der Waals surface area contributed by atoms with Crippen molar-refractivity contribution in [2.45, 2.75) is 52.5 Å². The normalized spacial score (nSPS) is 21.0. The predicted molar refractivity (Wildman–Crippen MR) is 93.2 cm³/mol. The zero-order valence-corrected chi connectivity index (χ0v) is 14.4. The van der Waals surface area contributed by atoms with Gasteiger partial charge >= 0.3 is 0 Å². The van der Waals surface area contributed by atoms with Gasteiger partial charge in [-0.15, -0.1) is 0 Å². The number of anilines is 1. The molecule has 1 fully saturated rings. The van der Waals surface area contributed by atoms with E-state index < -0.39 is 0 Å². The number of carbonyl (C=O) groups is 2. The van der Waals surface area contributed by atoms with Gasteiger partial charge in [-0.2, -0.15) is 0 Å². The Bertz CT molecular complexity index is 519. The summed E-state index contributed by atoms with van der Waals surface area (Å²) in [5.74, 6) is 0.439. The molecule has 0 aromatic heterocycles. The molecule has 0 bridgehead atoms. The van der Waals surface area contributed by atoms with Gasteiger partial charge in [-0.05, 0) is 58.6 Å². The summed E-state index contributed by atoms with van der Waals surface area (Å²) in [7, 11) is 0. The Balaban J connectivity index is 1.94. The second-order valence-electron chi connectivity index (χ2n) is 6.63. The van der Waals surface area contributed by atoms with Crippen LogP contribution >= 0.6 is 0 Å². The van der Waals surface area contributed by atoms with E-state index in [1.54, 1.807) is 0 Å². The lowest BCUT2D eigenvalue weighted by molar-refractivity contribution is -0.129. The lowest BCUT2D eigenvalue weighted by Gasteiger charge is -2.31. The molecule has 23 heavy (non-hydrogen) atoms. The highest BCUT2D eigenvalue weighted by Gasteiger charge is 2.32. The number of benzene rings is 1. The molecule has 0 spiro atoms. The van der Waals surface area contributed by atoms with Crippen LogP contribution in [0.1, 0.15) is 46.5 Å². The Morgan fingerprint density at radius 1 is 1.09 bits per heavy atom. The van der Waals surface area contributed by atoms with Crippen molar-refractivity contribution in [2.24, 2.45) is 11.8 Å². The summed E-state index contributed by atoms with van der Waals surface area (Å²) in [6.07, 6.45) is 3.22. The Morgan fingerprint density at radius 3 is 2.17 bits per heavy atom. The summed E-state index contributed by atoms with van der Waals surface area (Å²) in [5, 5.41) is 2.98. The van der Waals surface area contributed by atoms with E-state index in [1.807, 2.05) is 56.0 Å². The summed E-state index contributed by atoms with van der Waals surface area (Å²) < 4.78 is 0. The Labute approximate surface area is 139 Å². The van der Waals surface area contributed by atoms with Gasteiger partial charge in [0.2, 0.25) is 11.8 Å². The second kappa shape index (κ2) is 8.14. The SMILES string of the molecule is CCN(C(=O)C1CCC(C(=O)NC(C)C)CC1)c1ccccc1. The van der Waals surface area contributed by atoms with E-state index in [2.05, 4.69) is 5.32 Å². The Morgan fingerprint density at radius 2 is 1.65 bits per heavy atom. The minimum atomic E-state index is 0.0401. The molecule has 4 nitrogen and oxygen atoms in total. The van der Waals surface area contributed by atoms with Crippen molar-refractivity contribution in [3.05, 3.63) is 30.3 Å². The van der Waals surface area contributed by atoms with Gasteiger partial charge in [0.15, 0.2) is 0 Å². The molecule has 0 aliphatic heterocycles. The van der Waals surface area contributed by atoms with E-state index in [4.69, 9.17) is 0 Å². The first-order valence-corrected chi connectivity index (χ1v) is 8.69. The van der Waals surface area contributed by atoms with Crippen molar-refractivity contribution in [1.82, 2.24) is 5.32 Å². The highest BCUT2D eigenvalue weighted by Crippen LogP contribution is 2.31. The molecule has 126 valence electrons. The zero-order valence-electron chi connectivity index (χ0n) is 14.4. The van der Waals surface area contributed by atoms with Crippen molar-refractivity contribution >= 4 is 17.5 Å². The van der Waals surface area contributed by atoms with E-state index in [1.165, 1.54) is 0 Å². The second-order valence-corrected chi connectivity index (χ2v) is 6.63. The fourth-order valence-electron chi connectivity index (χ4n) is 3.30. The molecule has 0 unspecified atom stereocenters. The van der Waals surface area contributed by atoms with Crippen LogP contribution in [-0.4, -0.2) is 24.4 Å². The number of para-hydroxylation sites is 1. The van der Waals surface area contributed by atoms with Gasteiger partial charge in [0.25, 0.3) is 0 Å². The third-order valence-corrected chi connectivity index (χ3v) is 4.53. The maximum atomic E-state index is 12.8. The van der Waals surface area contributed by atoms with Gasteiger partial charge in [-0.3, -0.25) is 9.59 Å². The van der Waals surface area contributed by atoms with E-state index >= 15 is 0 Å². The lowest BCUT2D eigenvalue weighted by Crippen LogP contribution is -2.41. The smallest absolute Gasteiger partial charge is 0.230 e. The van der Waals surface area contributed by atoms with Gasteiger partial charge in [-0.1, -0.05) is 18.2 Å². The number of nitrogens with zero attached hydrogens (tertiary/aromatic N) is 1. The number of hydrogen-bond donors (Lipinski definition) is 1. The number of amides is 2. The quantitative estimate of drug-likeness (QED) is 0.905. The number of nitrogens with one attached hydrogen (secondary N) is 1. The van der Waals surface area contributed by atoms with Crippen molar-refractivity contribution in [1.29, 1.82) is 0 Å². The van der Waals surface area contributed by atoms with Crippen LogP contribution in [0.5, 0.6) is 0 Å². The lowest BCUT2D eigenvalue weighted by atomic mass is 9.80. The number of rotatable bonds is 5. The first-order chi connectivity index (χ1) is 11.0. The standard InChI is InChI=1S/C19H28N2O2/c1-4-21(17-8-6-5-7-9-17)19(23)16-12-10-15(11-13-16)18(22)20-14(2)3/h5-9,14-16H,4,10-13H2,1-3H3,(H,20,22). The Kier molecular flexibility index (Phi) is 6.20. The largest absolute Gasteiger partial charge is 0.354 e. The monoisotopic (exact) mass is 316 g/mol. The van der Waals surface area contributed by atoms with E-state index in [0.29, 0.717) is 6.54 Å². The van der Waals surface area contributed by atoms with Crippen molar-refractivity contribution in [3.8, 4) is 0 Å². The van der Waals surface area contributed by atoms with Crippen LogP contribution in [-0.2, 0) is 9.59 Å². The summed E-state index contributed by atoms with van der Waals surface area (Å²) >= 11 is 0. The maximum absolute atomic E-state index is 12.8. The molecule has 1 aliphatic carbocycles. The molecule has 2 rings (SSSR count). The van der Waals surface area contributed by atoms with Crippen molar-refractivity contribution in [3.63, 3.8) is 0 Å². The summed E-state index contributed by atoms with van der Waals surface area (Å²) in [6.45, 7) is 6.64. The molecule has 1 aromatic carbocycles. The van der Waals surface area contributed by atoms with Crippen LogP contribution in [0.2, 0.25) is 0 Å². The van der Waals surface area contributed by atoms with Crippen LogP contribution in [0, 0.1) is 11.8 Å². The molecule has 2 amide bonds. The topological polar surface area (TPSA) is 49.4 Å². The fraction of sp³-hybridized carbons (Fsp3) is 0.579. The fourth-order valence-corrected chi connectivity index (χ4v) is 3.30. The number of carbonyl (C=O) groups excluding carboxylic acids is 2. The van der Waals surface area contributed by atoms with E-state index in [-0.39, 0.29) is 29.7 Å². The van der Waals surface area contributed by atoms with Crippen LogP contribution in [0.25, 0.3) is 0 Å². The summed E-state index contributed by atoms with van der Waals surface area (Å²) in [6, 6.07) is 10.00. The molecular weight excluding hydrogens is 288 g/mol. The minimum Gasteiger partial charge on any atom is -0.354 e.